The Balaban J connectivity index is 1.61. The first-order valence-corrected chi connectivity index (χ1v) is 8.34. The summed E-state index contributed by atoms with van der Waals surface area (Å²) in [6.07, 6.45) is 3.10. The van der Waals surface area contributed by atoms with Gasteiger partial charge >= 0.3 is 0 Å². The van der Waals surface area contributed by atoms with Gasteiger partial charge < -0.3 is 15.7 Å². The summed E-state index contributed by atoms with van der Waals surface area (Å²) >= 11 is 0. The van der Waals surface area contributed by atoms with Gasteiger partial charge in [0.15, 0.2) is 5.82 Å². The van der Waals surface area contributed by atoms with Gasteiger partial charge in [0.2, 0.25) is 5.69 Å². The number of hydrogen-bond donors (Lipinski definition) is 2. The molecule has 2 aromatic carbocycles. The molecule has 0 fully saturated rings. The second-order valence-corrected chi connectivity index (χ2v) is 6.07. The third-order valence-electron chi connectivity index (χ3n) is 4.25. The van der Waals surface area contributed by atoms with Crippen molar-refractivity contribution in [1.82, 2.24) is 14.7 Å². The van der Waals surface area contributed by atoms with E-state index in [-0.39, 0.29) is 5.91 Å². The number of nitrogens with zero attached hydrogens (tertiary/aromatic N) is 4. The van der Waals surface area contributed by atoms with Crippen molar-refractivity contribution < 1.29 is 14.7 Å². The number of carbonyl (C=O) groups is 1. The van der Waals surface area contributed by atoms with Gasteiger partial charge in [-0.3, -0.25) is 9.78 Å². The minimum Gasteiger partial charge on any atom is -0.619 e. The normalized spacial score (nSPS) is 10.7. The van der Waals surface area contributed by atoms with Gasteiger partial charge in [-0.2, -0.15) is 9.47 Å². The fourth-order valence-electron chi connectivity index (χ4n) is 2.80. The maximum atomic E-state index is 12.2. The lowest BCUT2D eigenvalue weighted by atomic mass is 10.2. The van der Waals surface area contributed by atoms with Crippen molar-refractivity contribution in [2.24, 2.45) is 0 Å². The average Bonchev–Trinajstić information content (AvgIpc) is 3.05. The average molecular weight is 373 g/mol. The number of hydrogen-bond acceptors (Lipinski definition) is 5. The minimum atomic E-state index is -0.243. The molecule has 2 aromatic heterocycles. The molecule has 0 unspecified atom stereocenters. The summed E-state index contributed by atoms with van der Waals surface area (Å²) in [6, 6.07) is 14.9. The van der Waals surface area contributed by atoms with E-state index in [4.69, 9.17) is 0 Å². The zero-order valence-corrected chi connectivity index (χ0v) is 14.6. The van der Waals surface area contributed by atoms with Crippen LogP contribution in [0.1, 0.15) is 10.4 Å². The summed E-state index contributed by atoms with van der Waals surface area (Å²) < 4.78 is 1.39. The molecule has 0 bridgehead atoms. The van der Waals surface area contributed by atoms with Crippen LogP contribution in [0.25, 0.3) is 22.4 Å². The summed E-state index contributed by atoms with van der Waals surface area (Å²) in [5.74, 6) is 0.0769. The number of anilines is 1. The van der Waals surface area contributed by atoms with E-state index in [0.29, 0.717) is 44.1 Å². The number of carbonyl (C=O) groups excluding carboxylic acids is 1. The molecule has 0 saturated carbocycles. The van der Waals surface area contributed by atoms with Gasteiger partial charge in [0.1, 0.15) is 12.2 Å². The van der Waals surface area contributed by atoms with Gasteiger partial charge in [0.25, 0.3) is 5.91 Å². The van der Waals surface area contributed by atoms with Crippen LogP contribution in [-0.2, 0) is 0 Å². The highest BCUT2D eigenvalue weighted by atomic mass is 16.5. The molecule has 2 heterocycles. The summed E-state index contributed by atoms with van der Waals surface area (Å²) in [5.41, 5.74) is 3.00. The van der Waals surface area contributed by atoms with Crippen molar-refractivity contribution in [3.8, 4) is 11.4 Å². The highest BCUT2D eigenvalue weighted by Crippen LogP contribution is 2.27. The zero-order valence-electron chi connectivity index (χ0n) is 14.6. The van der Waals surface area contributed by atoms with Gasteiger partial charge in [-0.05, 0) is 42.5 Å². The topological polar surface area (TPSA) is 106 Å². The van der Waals surface area contributed by atoms with E-state index < -0.39 is 0 Å². The summed E-state index contributed by atoms with van der Waals surface area (Å²) in [6.45, 7) is 3.29. The number of amides is 1. The van der Waals surface area contributed by atoms with Gasteiger partial charge in [-0.15, -0.1) is 0 Å². The second kappa shape index (κ2) is 6.84. The lowest BCUT2D eigenvalue weighted by Crippen LogP contribution is -2.11. The highest BCUT2D eigenvalue weighted by molar-refractivity contribution is 6.04. The molecule has 2 N–H and O–H groups in total. The molecule has 4 aromatic rings. The molecule has 8 nitrogen and oxygen atoms in total. The Morgan fingerprint density at radius 1 is 1.11 bits per heavy atom. The largest absolute Gasteiger partial charge is 0.619 e. The van der Waals surface area contributed by atoms with Crippen LogP contribution in [-0.4, -0.2) is 37.3 Å². The molecule has 0 atom stereocenters. The summed E-state index contributed by atoms with van der Waals surface area (Å²) in [4.78, 5) is 20.5. The molecule has 0 aliphatic rings. The molecule has 0 spiro atoms. The Hall–Kier alpha value is -4.20. The third kappa shape index (κ3) is 3.14. The second-order valence-electron chi connectivity index (χ2n) is 6.07. The van der Waals surface area contributed by atoms with Crippen LogP contribution in [0.15, 0.2) is 67.0 Å². The first-order chi connectivity index (χ1) is 13.5. The summed E-state index contributed by atoms with van der Waals surface area (Å²) in [7, 11) is 0. The van der Waals surface area contributed by atoms with Crippen LogP contribution >= 0.6 is 0 Å². The minimum absolute atomic E-state index is 0.243. The maximum Gasteiger partial charge on any atom is 0.255 e. The SMILES string of the molecule is C=[N+]([O-])c1ccc2nc(-c3ccc(NC(=O)c4ccncc4)cc3)n(O)c2c1. The third-order valence-corrected chi connectivity index (χ3v) is 4.25. The van der Waals surface area contributed by atoms with E-state index in [1.54, 1.807) is 60.9 Å². The summed E-state index contributed by atoms with van der Waals surface area (Å²) in [5, 5.41) is 24.6. The molecule has 0 radical (unpaired) electrons. The molecule has 0 aliphatic heterocycles. The molecule has 4 rings (SSSR count). The van der Waals surface area contributed by atoms with Gasteiger partial charge in [-0.1, -0.05) is 0 Å². The lowest BCUT2D eigenvalue weighted by Gasteiger charge is -2.06. The van der Waals surface area contributed by atoms with E-state index in [1.807, 2.05) is 0 Å². The number of benzene rings is 2. The quantitative estimate of drug-likeness (QED) is 0.187. The van der Waals surface area contributed by atoms with Crippen molar-refractivity contribution >= 4 is 35.0 Å². The molecule has 28 heavy (non-hydrogen) atoms. The molecule has 138 valence electrons. The van der Waals surface area contributed by atoms with Crippen LogP contribution in [0.4, 0.5) is 11.4 Å². The number of rotatable bonds is 4. The fourth-order valence-corrected chi connectivity index (χ4v) is 2.80. The van der Waals surface area contributed by atoms with Crippen LogP contribution in [0, 0.1) is 5.21 Å². The standard InChI is InChI=1S/C20H15N5O3/c1-24(27)16-6-7-17-18(12-16)25(28)19(23-17)13-2-4-15(5-3-13)22-20(26)14-8-10-21-11-9-14/h2-12,28H,1H2,(H,22,26). The van der Waals surface area contributed by atoms with E-state index in [9.17, 15) is 15.2 Å². The van der Waals surface area contributed by atoms with Gasteiger partial charge in [0, 0.05) is 41.3 Å². The molecule has 1 amide bonds. The first-order valence-electron chi connectivity index (χ1n) is 8.34. The number of imidazole rings is 1. The number of nitrogens with one attached hydrogen (secondary N) is 1. The monoisotopic (exact) mass is 373 g/mol. The van der Waals surface area contributed by atoms with Crippen molar-refractivity contribution in [1.29, 1.82) is 0 Å². The predicted octanol–water partition coefficient (Wildman–Crippen LogP) is 3.43. The number of aromatic nitrogens is 3. The van der Waals surface area contributed by atoms with Crippen LogP contribution in [0.5, 0.6) is 0 Å². The highest BCUT2D eigenvalue weighted by Gasteiger charge is 2.14. The molecule has 0 saturated heterocycles. The van der Waals surface area contributed by atoms with Crippen molar-refractivity contribution in [3.05, 3.63) is 77.8 Å². The zero-order chi connectivity index (χ0) is 19.7. The Labute approximate surface area is 159 Å². The Bertz CT molecular complexity index is 1180. The van der Waals surface area contributed by atoms with Crippen molar-refractivity contribution in [2.75, 3.05) is 5.32 Å². The fraction of sp³-hybridized carbons (Fsp3) is 0. The van der Waals surface area contributed by atoms with Crippen LogP contribution in [0.2, 0.25) is 0 Å². The number of pyridine rings is 1. The lowest BCUT2D eigenvalue weighted by molar-refractivity contribution is -0.349. The smallest absolute Gasteiger partial charge is 0.255 e. The predicted molar refractivity (Wildman–Crippen MR) is 105 cm³/mol. The van der Waals surface area contributed by atoms with Gasteiger partial charge in [0.05, 0.1) is 5.52 Å². The van der Waals surface area contributed by atoms with Crippen LogP contribution < -0.4 is 5.32 Å². The Morgan fingerprint density at radius 2 is 1.82 bits per heavy atom. The first kappa shape index (κ1) is 17.2. The molecule has 8 heteroatoms. The number of fused-ring (bicyclic) bond motifs is 1. The molecular weight excluding hydrogens is 358 g/mol. The van der Waals surface area contributed by atoms with E-state index in [1.165, 1.54) is 6.07 Å². The van der Waals surface area contributed by atoms with E-state index in [0.717, 1.165) is 4.73 Å². The van der Waals surface area contributed by atoms with Crippen molar-refractivity contribution in [2.45, 2.75) is 0 Å². The van der Waals surface area contributed by atoms with E-state index in [2.05, 4.69) is 22.0 Å². The molecular formula is C20H15N5O3. The molecule has 0 aliphatic carbocycles. The Kier molecular flexibility index (Phi) is 4.21. The maximum absolute atomic E-state index is 12.2. The Morgan fingerprint density at radius 3 is 2.50 bits per heavy atom. The van der Waals surface area contributed by atoms with Crippen LogP contribution in [0.3, 0.4) is 0 Å². The van der Waals surface area contributed by atoms with E-state index >= 15 is 0 Å². The van der Waals surface area contributed by atoms with Crippen molar-refractivity contribution in [3.63, 3.8) is 0 Å². The van der Waals surface area contributed by atoms with Gasteiger partial charge in [-0.25, -0.2) is 4.98 Å².